The van der Waals surface area contributed by atoms with Gasteiger partial charge in [-0.1, -0.05) is 0 Å². The zero-order chi connectivity index (χ0) is 32.2. The number of carbonyl (C=O) groups excluding carboxylic acids is 2. The van der Waals surface area contributed by atoms with E-state index in [0.29, 0.717) is 35.9 Å². The smallest absolute Gasteiger partial charge is 0.321 e. The molecule has 4 amide bonds. The van der Waals surface area contributed by atoms with Crippen LogP contribution in [0.4, 0.5) is 38.5 Å². The molecule has 4 aromatic rings. The average molecular weight is 616 g/mol. The Balaban J connectivity index is 1.37. The highest BCUT2D eigenvalue weighted by Crippen LogP contribution is 2.23. The van der Waals surface area contributed by atoms with Crippen LogP contribution < -0.4 is 42.0 Å². The van der Waals surface area contributed by atoms with Gasteiger partial charge in [-0.05, 0) is 62.4 Å². The first-order valence-corrected chi connectivity index (χ1v) is 13.8. The number of aromatic nitrogens is 4. The third kappa shape index (κ3) is 10.3. The zero-order valence-corrected chi connectivity index (χ0v) is 24.9. The summed E-state index contributed by atoms with van der Waals surface area (Å²) in [5, 5.41) is 19.0. The Morgan fingerprint density at radius 1 is 0.756 bits per heavy atom. The number of aryl methyl sites for hydroxylation is 2. The third-order valence-electron chi connectivity index (χ3n) is 6.11. The van der Waals surface area contributed by atoms with Crippen molar-refractivity contribution in [3.63, 3.8) is 0 Å². The number of hydrogen-bond donors (Lipinski definition) is 6. The predicted molar refractivity (Wildman–Crippen MR) is 169 cm³/mol. The van der Waals surface area contributed by atoms with Gasteiger partial charge < -0.3 is 20.3 Å². The molecule has 16 nitrogen and oxygen atoms in total. The lowest BCUT2D eigenvalue weighted by atomic mass is 10.2. The van der Waals surface area contributed by atoms with Gasteiger partial charge in [0.2, 0.25) is 11.9 Å². The molecule has 16 heteroatoms. The fraction of sp³-hybridized carbons (Fsp3) is 0.241. The highest BCUT2D eigenvalue weighted by atomic mass is 16.5. The lowest BCUT2D eigenvalue weighted by Gasteiger charge is -2.25. The summed E-state index contributed by atoms with van der Waals surface area (Å²) in [5.74, 6) is 0.794. The number of H-pyrrole nitrogens is 2. The number of carbonyl (C=O) groups is 2. The van der Waals surface area contributed by atoms with Crippen molar-refractivity contribution in [2.45, 2.75) is 13.8 Å². The van der Waals surface area contributed by atoms with Crippen molar-refractivity contribution in [1.29, 1.82) is 0 Å². The van der Waals surface area contributed by atoms with Crippen molar-refractivity contribution in [2.75, 3.05) is 48.8 Å². The Hall–Kier alpha value is -6.06. The molecule has 0 atom stereocenters. The summed E-state index contributed by atoms with van der Waals surface area (Å²) in [6.07, 6.45) is 0. The van der Waals surface area contributed by atoms with Gasteiger partial charge in [0.15, 0.2) is 0 Å². The van der Waals surface area contributed by atoms with Gasteiger partial charge in [0.05, 0.1) is 18.5 Å². The summed E-state index contributed by atoms with van der Waals surface area (Å²) in [5.41, 5.74) is 2.28. The van der Waals surface area contributed by atoms with Gasteiger partial charge in [-0.25, -0.2) is 19.6 Å². The summed E-state index contributed by atoms with van der Waals surface area (Å²) in [6, 6.07) is 16.0. The van der Waals surface area contributed by atoms with Gasteiger partial charge in [0, 0.05) is 55.4 Å². The molecule has 0 saturated heterocycles. The van der Waals surface area contributed by atoms with Crippen LogP contribution in [0.3, 0.4) is 0 Å². The molecule has 0 radical (unpaired) electrons. The molecule has 0 aliphatic carbocycles. The minimum Gasteiger partial charge on any atom is -0.497 e. The van der Waals surface area contributed by atoms with E-state index in [9.17, 15) is 19.2 Å². The van der Waals surface area contributed by atoms with E-state index in [0.717, 1.165) is 11.4 Å². The van der Waals surface area contributed by atoms with Crippen LogP contribution in [0.25, 0.3) is 0 Å². The van der Waals surface area contributed by atoms with Gasteiger partial charge in [0.25, 0.3) is 11.1 Å². The number of urea groups is 2. The number of rotatable bonds is 12. The average Bonchev–Trinajstić information content (AvgIpc) is 2.99. The first-order chi connectivity index (χ1) is 21.7. The first kappa shape index (κ1) is 31.9. The van der Waals surface area contributed by atoms with E-state index in [1.807, 2.05) is 17.0 Å². The monoisotopic (exact) mass is 615 g/mol. The van der Waals surface area contributed by atoms with Crippen LogP contribution in [0.1, 0.15) is 11.4 Å². The molecule has 6 N–H and O–H groups in total. The Bertz CT molecular complexity index is 1670. The number of anilines is 3. The molecule has 2 aromatic carbocycles. The SMILES string of the molecule is COc1ccc(N=Nc2ccc(N(CCNC(=O)Nc3nc(C)cc(=O)[nH]3)CCNC(=O)Nc3nc(C)cc(=O)[nH]3)cc2)cc1. The lowest BCUT2D eigenvalue weighted by Crippen LogP contribution is -2.41. The Labute approximate surface area is 257 Å². The molecule has 0 bridgehead atoms. The number of nitrogens with one attached hydrogen (secondary N) is 6. The van der Waals surface area contributed by atoms with Gasteiger partial charge in [-0.2, -0.15) is 10.2 Å². The van der Waals surface area contributed by atoms with Crippen molar-refractivity contribution in [3.8, 4) is 5.75 Å². The number of benzene rings is 2. The highest BCUT2D eigenvalue weighted by Gasteiger charge is 2.11. The summed E-state index contributed by atoms with van der Waals surface area (Å²) >= 11 is 0. The number of hydrogen-bond acceptors (Lipinski definition) is 10. The minimum atomic E-state index is -0.546. The molecule has 2 aromatic heterocycles. The summed E-state index contributed by atoms with van der Waals surface area (Å²) in [6.45, 7) is 4.48. The largest absolute Gasteiger partial charge is 0.497 e. The molecule has 0 unspecified atom stereocenters. The first-order valence-electron chi connectivity index (χ1n) is 13.8. The van der Waals surface area contributed by atoms with E-state index >= 15 is 0 Å². The second-order valence-corrected chi connectivity index (χ2v) is 9.63. The van der Waals surface area contributed by atoms with Crippen molar-refractivity contribution < 1.29 is 14.3 Å². The number of methoxy groups -OCH3 is 1. The molecule has 234 valence electrons. The predicted octanol–water partition coefficient (Wildman–Crippen LogP) is 3.34. The highest BCUT2D eigenvalue weighted by molar-refractivity contribution is 5.87. The van der Waals surface area contributed by atoms with Crippen LogP contribution in [0.5, 0.6) is 5.75 Å². The molecule has 0 aliphatic heterocycles. The fourth-order valence-electron chi connectivity index (χ4n) is 4.05. The van der Waals surface area contributed by atoms with Gasteiger partial charge in [-0.15, -0.1) is 0 Å². The molecule has 4 rings (SSSR count). The van der Waals surface area contributed by atoms with Crippen LogP contribution >= 0.6 is 0 Å². The fourth-order valence-corrected chi connectivity index (χ4v) is 4.05. The van der Waals surface area contributed by atoms with Crippen molar-refractivity contribution in [1.82, 2.24) is 30.6 Å². The van der Waals surface area contributed by atoms with Gasteiger partial charge in [-0.3, -0.25) is 30.2 Å². The normalized spacial score (nSPS) is 10.7. The third-order valence-corrected chi connectivity index (χ3v) is 6.11. The maximum Gasteiger partial charge on any atom is 0.321 e. The summed E-state index contributed by atoms with van der Waals surface area (Å²) in [4.78, 5) is 63.2. The second-order valence-electron chi connectivity index (χ2n) is 9.63. The molecular formula is C29H33N11O5. The van der Waals surface area contributed by atoms with Crippen molar-refractivity contribution >= 4 is 41.0 Å². The van der Waals surface area contributed by atoms with Gasteiger partial charge >= 0.3 is 12.1 Å². The molecule has 0 spiro atoms. The van der Waals surface area contributed by atoms with Crippen molar-refractivity contribution in [2.24, 2.45) is 10.2 Å². The van der Waals surface area contributed by atoms with Crippen LogP contribution in [-0.4, -0.2) is 65.3 Å². The second kappa shape index (κ2) is 15.4. The molecule has 45 heavy (non-hydrogen) atoms. The van der Waals surface area contributed by atoms with E-state index < -0.39 is 12.1 Å². The Kier molecular flexibility index (Phi) is 10.9. The van der Waals surface area contributed by atoms with Crippen molar-refractivity contribution in [3.05, 3.63) is 92.8 Å². The Morgan fingerprint density at radius 3 is 1.62 bits per heavy atom. The molecular weight excluding hydrogens is 582 g/mol. The quantitative estimate of drug-likeness (QED) is 0.130. The summed E-state index contributed by atoms with van der Waals surface area (Å²) in [7, 11) is 1.59. The van der Waals surface area contributed by atoms with E-state index in [1.54, 1.807) is 57.4 Å². The minimum absolute atomic E-state index is 0.0356. The van der Waals surface area contributed by atoms with E-state index in [1.165, 1.54) is 12.1 Å². The topological polar surface area (TPSA) is 211 Å². The lowest BCUT2D eigenvalue weighted by molar-refractivity contribution is 0.251. The maximum absolute atomic E-state index is 12.4. The van der Waals surface area contributed by atoms with Crippen LogP contribution in [0, 0.1) is 13.8 Å². The molecule has 2 heterocycles. The van der Waals surface area contributed by atoms with E-state index in [-0.39, 0.29) is 36.1 Å². The zero-order valence-electron chi connectivity index (χ0n) is 24.9. The number of nitrogens with zero attached hydrogens (tertiary/aromatic N) is 5. The molecule has 0 saturated carbocycles. The number of aromatic amines is 2. The molecule has 0 aliphatic rings. The summed E-state index contributed by atoms with van der Waals surface area (Å²) < 4.78 is 5.16. The number of amides is 4. The maximum atomic E-state index is 12.4. The van der Waals surface area contributed by atoms with Crippen LogP contribution in [-0.2, 0) is 0 Å². The Morgan fingerprint density at radius 2 is 1.20 bits per heavy atom. The van der Waals surface area contributed by atoms with E-state index in [4.69, 9.17) is 4.74 Å². The standard InChI is InChI=1S/C29H33N11O5/c1-18-16-24(41)34-26(32-18)36-28(43)30-12-14-40(15-13-31-29(44)37-27-33-19(2)17-25(42)35-27)22-8-4-20(5-9-22)38-39-21-6-10-23(45-3)11-7-21/h4-11,16-17H,12-15H2,1-3H3,(H3,30,32,34,36,41,43)(H3,31,33,35,37,42,44). The van der Waals surface area contributed by atoms with Gasteiger partial charge in [0.1, 0.15) is 5.75 Å². The number of ether oxygens (including phenoxy) is 1. The van der Waals surface area contributed by atoms with E-state index in [2.05, 4.69) is 51.4 Å². The number of azo groups is 1. The van der Waals surface area contributed by atoms with Crippen LogP contribution in [0.2, 0.25) is 0 Å². The molecule has 0 fully saturated rings. The van der Waals surface area contributed by atoms with Crippen LogP contribution in [0.15, 0.2) is 80.5 Å².